The van der Waals surface area contributed by atoms with E-state index in [1.54, 1.807) is 14.2 Å². The molecule has 3 heterocycles. The van der Waals surface area contributed by atoms with Crippen LogP contribution in [-0.4, -0.2) is 56.0 Å². The zero-order valence-corrected chi connectivity index (χ0v) is 21.9. The summed E-state index contributed by atoms with van der Waals surface area (Å²) in [5.74, 6) is 2.22. The molecule has 1 saturated carbocycles. The van der Waals surface area contributed by atoms with Crippen molar-refractivity contribution >= 4 is 22.4 Å². The summed E-state index contributed by atoms with van der Waals surface area (Å²) in [6, 6.07) is 14.3. The lowest BCUT2D eigenvalue weighted by Gasteiger charge is -2.32. The van der Waals surface area contributed by atoms with E-state index in [2.05, 4.69) is 27.3 Å². The van der Waals surface area contributed by atoms with Crippen LogP contribution in [-0.2, 0) is 14.9 Å². The van der Waals surface area contributed by atoms with E-state index in [1.807, 2.05) is 36.5 Å². The number of rotatable bonds is 9. The third kappa shape index (κ3) is 4.56. The highest BCUT2D eigenvalue weighted by Crippen LogP contribution is 2.51. The lowest BCUT2D eigenvalue weighted by atomic mass is 9.94. The summed E-state index contributed by atoms with van der Waals surface area (Å²) >= 11 is 1.53. The van der Waals surface area contributed by atoms with E-state index in [9.17, 15) is 4.79 Å². The fraction of sp³-hybridized carbons (Fsp3) is 0.429. The van der Waals surface area contributed by atoms with Crippen LogP contribution in [0.3, 0.4) is 0 Å². The van der Waals surface area contributed by atoms with E-state index in [4.69, 9.17) is 18.9 Å². The van der Waals surface area contributed by atoms with Crippen molar-refractivity contribution in [2.45, 2.75) is 43.2 Å². The number of nitrogens with one attached hydrogen (secondary N) is 1. The normalized spacial score (nSPS) is 20.5. The smallest absolute Gasteiger partial charge is 0.236 e. The highest BCUT2D eigenvalue weighted by Gasteiger charge is 2.52. The van der Waals surface area contributed by atoms with Crippen molar-refractivity contribution in [3.8, 4) is 17.2 Å². The Morgan fingerprint density at radius 1 is 1.22 bits per heavy atom. The van der Waals surface area contributed by atoms with Crippen LogP contribution in [0.2, 0.25) is 0 Å². The number of fused-ring (bicyclic) bond motifs is 1. The molecule has 8 nitrogen and oxygen atoms in total. The van der Waals surface area contributed by atoms with Crippen LogP contribution in [0.4, 0.5) is 5.13 Å². The number of methoxy groups -OCH3 is 2. The van der Waals surface area contributed by atoms with Gasteiger partial charge in [0, 0.05) is 24.2 Å². The van der Waals surface area contributed by atoms with E-state index in [-0.39, 0.29) is 18.7 Å². The Hall–Kier alpha value is -3.14. The molecule has 37 heavy (non-hydrogen) atoms. The monoisotopic (exact) mass is 521 g/mol. The molecule has 0 bridgehead atoms. The number of aromatic nitrogens is 1. The summed E-state index contributed by atoms with van der Waals surface area (Å²) in [4.78, 5) is 21.7. The van der Waals surface area contributed by atoms with Crippen molar-refractivity contribution in [3.05, 3.63) is 64.7 Å². The molecular weight excluding hydrogens is 490 g/mol. The van der Waals surface area contributed by atoms with Crippen molar-refractivity contribution in [2.75, 3.05) is 39.5 Å². The summed E-state index contributed by atoms with van der Waals surface area (Å²) in [6.45, 7) is 1.88. The molecule has 1 aliphatic carbocycles. The largest absolute Gasteiger partial charge is 0.497 e. The fourth-order valence-electron chi connectivity index (χ4n) is 5.55. The van der Waals surface area contributed by atoms with Crippen LogP contribution in [0.1, 0.15) is 47.7 Å². The van der Waals surface area contributed by atoms with Gasteiger partial charge in [-0.05, 0) is 67.6 Å². The zero-order chi connectivity index (χ0) is 25.4. The Kier molecular flexibility index (Phi) is 6.52. The molecule has 2 fully saturated rings. The first-order chi connectivity index (χ1) is 18.1. The molecule has 2 aromatic carbocycles. The van der Waals surface area contributed by atoms with Crippen LogP contribution in [0, 0.1) is 0 Å². The van der Waals surface area contributed by atoms with Crippen molar-refractivity contribution < 1.29 is 23.7 Å². The molecule has 3 aromatic rings. The third-order valence-corrected chi connectivity index (χ3v) is 8.61. The minimum absolute atomic E-state index is 0.00430. The standard InChI is InChI=1S/C28H31N3O5S/c1-33-16-20-6-4-12-31(20)25(18-5-3-7-21(13-18)34-2)24-15-29-27(37-24)30-26(32)28(10-11-28)19-8-9-22-23(14-19)36-17-35-22/h3,5,7-9,13-15,20,25H,4,6,10-12,16-17H2,1-2H3,(H,29,30,32). The van der Waals surface area contributed by atoms with E-state index in [0.717, 1.165) is 59.7 Å². The van der Waals surface area contributed by atoms with Gasteiger partial charge in [-0.1, -0.05) is 29.5 Å². The van der Waals surface area contributed by atoms with Gasteiger partial charge in [0.2, 0.25) is 12.7 Å². The van der Waals surface area contributed by atoms with E-state index >= 15 is 0 Å². The first-order valence-electron chi connectivity index (χ1n) is 12.7. The second-order valence-corrected chi connectivity index (χ2v) is 10.9. The third-order valence-electron chi connectivity index (χ3n) is 7.65. The number of benzene rings is 2. The van der Waals surface area contributed by atoms with E-state index in [0.29, 0.717) is 23.5 Å². The van der Waals surface area contributed by atoms with Gasteiger partial charge in [0.25, 0.3) is 0 Å². The predicted octanol–water partition coefficient (Wildman–Crippen LogP) is 4.75. The maximum absolute atomic E-state index is 13.5. The Morgan fingerprint density at radius 3 is 2.89 bits per heavy atom. The molecule has 6 rings (SSSR count). The van der Waals surface area contributed by atoms with Gasteiger partial charge in [-0.15, -0.1) is 0 Å². The molecule has 2 aliphatic heterocycles. The SMILES string of the molecule is COCC1CCCN1C(c1cccc(OC)c1)c1cnc(NC(=O)C2(c3ccc4c(c3)OCO4)CC2)s1. The molecular formula is C28H31N3O5S. The molecule has 1 N–H and O–H groups in total. The minimum atomic E-state index is -0.544. The summed E-state index contributed by atoms with van der Waals surface area (Å²) in [5, 5.41) is 3.73. The highest BCUT2D eigenvalue weighted by atomic mass is 32.1. The van der Waals surface area contributed by atoms with Gasteiger partial charge in [-0.25, -0.2) is 4.98 Å². The molecule has 194 valence electrons. The maximum Gasteiger partial charge on any atom is 0.236 e. The maximum atomic E-state index is 13.5. The van der Waals surface area contributed by atoms with Gasteiger partial charge in [0.05, 0.1) is 25.2 Å². The van der Waals surface area contributed by atoms with Gasteiger partial charge in [-0.3, -0.25) is 9.69 Å². The van der Waals surface area contributed by atoms with Crippen molar-refractivity contribution in [3.63, 3.8) is 0 Å². The molecule has 1 saturated heterocycles. The van der Waals surface area contributed by atoms with Crippen LogP contribution in [0.25, 0.3) is 0 Å². The second kappa shape index (κ2) is 9.96. The predicted molar refractivity (Wildman–Crippen MR) is 141 cm³/mol. The first-order valence-corrected chi connectivity index (χ1v) is 13.5. The van der Waals surface area contributed by atoms with Gasteiger partial charge < -0.3 is 24.3 Å². The number of likely N-dealkylation sites (tertiary alicyclic amines) is 1. The van der Waals surface area contributed by atoms with Crippen molar-refractivity contribution in [2.24, 2.45) is 0 Å². The molecule has 3 aliphatic rings. The molecule has 2 unspecified atom stereocenters. The zero-order valence-electron chi connectivity index (χ0n) is 21.1. The number of hydrogen-bond acceptors (Lipinski definition) is 8. The minimum Gasteiger partial charge on any atom is -0.497 e. The van der Waals surface area contributed by atoms with Gasteiger partial charge in [0.15, 0.2) is 16.6 Å². The highest BCUT2D eigenvalue weighted by molar-refractivity contribution is 7.15. The van der Waals surface area contributed by atoms with E-state index < -0.39 is 5.41 Å². The number of amides is 1. The Morgan fingerprint density at radius 2 is 2.08 bits per heavy atom. The van der Waals surface area contributed by atoms with Crippen molar-refractivity contribution in [1.82, 2.24) is 9.88 Å². The summed E-state index contributed by atoms with van der Waals surface area (Å²) in [7, 11) is 3.44. The van der Waals surface area contributed by atoms with Crippen molar-refractivity contribution in [1.29, 1.82) is 0 Å². The Labute approximate surface area is 220 Å². The number of anilines is 1. The Bertz CT molecular complexity index is 1290. The average molecular weight is 522 g/mol. The Balaban J connectivity index is 1.26. The van der Waals surface area contributed by atoms with Gasteiger partial charge in [-0.2, -0.15) is 0 Å². The number of ether oxygens (including phenoxy) is 4. The first kappa shape index (κ1) is 24.2. The number of nitrogens with zero attached hydrogens (tertiary/aromatic N) is 2. The summed E-state index contributed by atoms with van der Waals surface area (Å²) < 4.78 is 22.0. The quantitative estimate of drug-likeness (QED) is 0.435. The van der Waals surface area contributed by atoms with E-state index in [1.165, 1.54) is 11.3 Å². The summed E-state index contributed by atoms with van der Waals surface area (Å²) in [6.07, 6.45) is 5.71. The molecule has 1 amide bonds. The second-order valence-electron chi connectivity index (χ2n) is 9.84. The average Bonchev–Trinajstić information content (AvgIpc) is 3.22. The number of thiazole rings is 1. The number of carbonyl (C=O) groups is 1. The number of hydrogen-bond donors (Lipinski definition) is 1. The molecule has 2 atom stereocenters. The lowest BCUT2D eigenvalue weighted by molar-refractivity contribution is -0.118. The molecule has 0 spiro atoms. The fourth-order valence-corrected chi connectivity index (χ4v) is 6.51. The molecule has 1 aromatic heterocycles. The summed E-state index contributed by atoms with van der Waals surface area (Å²) in [5.41, 5.74) is 1.56. The van der Waals surface area contributed by atoms with Crippen LogP contribution in [0.15, 0.2) is 48.7 Å². The van der Waals surface area contributed by atoms with Crippen LogP contribution < -0.4 is 19.5 Å². The van der Waals surface area contributed by atoms with Crippen LogP contribution >= 0.6 is 11.3 Å². The lowest BCUT2D eigenvalue weighted by Crippen LogP contribution is -2.36. The molecule has 9 heteroatoms. The topological polar surface area (TPSA) is 82.2 Å². The van der Waals surface area contributed by atoms with Gasteiger partial charge >= 0.3 is 0 Å². The van der Waals surface area contributed by atoms with Gasteiger partial charge in [0.1, 0.15) is 5.75 Å². The number of carbonyl (C=O) groups excluding carboxylic acids is 1. The van der Waals surface area contributed by atoms with Crippen LogP contribution in [0.5, 0.6) is 17.2 Å². The molecule has 0 radical (unpaired) electrons.